The van der Waals surface area contributed by atoms with Crippen molar-refractivity contribution in [3.05, 3.63) is 132 Å². The molecule has 0 fully saturated rings. The maximum absolute atomic E-state index is 12.4. The molecule has 9 nitrogen and oxygen atoms in total. The Hall–Kier alpha value is -4.52. The van der Waals surface area contributed by atoms with Crippen LogP contribution in [0.25, 0.3) is 0 Å². The van der Waals surface area contributed by atoms with E-state index in [1.807, 2.05) is 22.9 Å². The first-order chi connectivity index (χ1) is 34.0. The van der Waals surface area contributed by atoms with Gasteiger partial charge in [0.05, 0.1) is 17.7 Å². The highest BCUT2D eigenvalue weighted by Gasteiger charge is 2.30. The molecular formula is C62H88O9S3. The molecule has 5 N–H and O–H groups in total. The number of carbonyl (C=O) groups is 3. The van der Waals surface area contributed by atoms with Gasteiger partial charge in [0.1, 0.15) is 22.5 Å². The number of aryl methyl sites for hydroxylation is 2. The number of thiol groups is 1. The number of ether oxygens (including phenoxy) is 1. The van der Waals surface area contributed by atoms with Crippen LogP contribution in [0.5, 0.6) is 17.2 Å². The van der Waals surface area contributed by atoms with Gasteiger partial charge in [-0.3, -0.25) is 4.79 Å². The number of carbonyl (C=O) groups excluding carboxylic acids is 1. The fourth-order valence-corrected chi connectivity index (χ4v) is 11.8. The summed E-state index contributed by atoms with van der Waals surface area (Å²) in [4.78, 5) is 33.0. The smallest absolute Gasteiger partial charge is 0.335 e. The minimum absolute atomic E-state index is 0.0833. The van der Waals surface area contributed by atoms with E-state index in [4.69, 9.17) is 14.9 Å². The highest BCUT2D eigenvalue weighted by molar-refractivity contribution is 8.78. The van der Waals surface area contributed by atoms with Crippen LogP contribution >= 0.6 is 34.2 Å². The van der Waals surface area contributed by atoms with Gasteiger partial charge in [0.15, 0.2) is 0 Å². The Morgan fingerprint density at radius 2 is 1.04 bits per heavy atom. The second-order valence-electron chi connectivity index (χ2n) is 24.5. The van der Waals surface area contributed by atoms with Crippen molar-refractivity contribution in [3.8, 4) is 17.2 Å². The number of rotatable bonds is 15. The van der Waals surface area contributed by atoms with Gasteiger partial charge in [-0.2, -0.15) is 12.6 Å². The molecule has 0 aromatic heterocycles. The maximum atomic E-state index is 12.4. The summed E-state index contributed by atoms with van der Waals surface area (Å²) in [7, 11) is 3.71. The van der Waals surface area contributed by atoms with Crippen molar-refractivity contribution in [1.29, 1.82) is 0 Å². The Morgan fingerprint density at radius 3 is 1.46 bits per heavy atom. The van der Waals surface area contributed by atoms with Crippen LogP contribution in [-0.4, -0.2) is 60.5 Å². The number of carboxylic acids is 2. The third-order valence-electron chi connectivity index (χ3n) is 13.5. The lowest BCUT2D eigenvalue weighted by Gasteiger charge is -2.28. The van der Waals surface area contributed by atoms with E-state index in [9.17, 15) is 29.7 Å². The van der Waals surface area contributed by atoms with Gasteiger partial charge in [0, 0.05) is 5.25 Å². The predicted molar refractivity (Wildman–Crippen MR) is 314 cm³/mol. The first-order valence-electron chi connectivity index (χ1n) is 25.9. The van der Waals surface area contributed by atoms with Crippen molar-refractivity contribution in [3.63, 3.8) is 0 Å². The summed E-state index contributed by atoms with van der Waals surface area (Å²) >= 11 is 4.51. The fraction of sp³-hybridized carbons (Fsp3) is 0.532. The number of aromatic hydroxyl groups is 3. The van der Waals surface area contributed by atoms with Gasteiger partial charge in [-0.05, 0) is 177 Å². The van der Waals surface area contributed by atoms with Gasteiger partial charge < -0.3 is 30.3 Å². The first-order valence-corrected chi connectivity index (χ1v) is 28.7. The van der Waals surface area contributed by atoms with E-state index in [0.717, 1.165) is 70.5 Å². The number of phenols is 3. The lowest BCUT2D eigenvalue weighted by atomic mass is 9.78. The zero-order chi connectivity index (χ0) is 56.4. The van der Waals surface area contributed by atoms with Crippen molar-refractivity contribution in [2.24, 2.45) is 5.92 Å². The standard InChI is InChI=1S/C29H40O2S2.C25H42O3S.C8H6O4/c1-16-11-23(28(5,6)7)26(30)18(3)21(16)13-20-15-32-33-25(20)14-22-17(2)12-24(29(8,9)10)27(31)19(22)4;1-17(2)12-10-9-11-13-28-23(27)21(29)16-18-14-19(24(3,4)5)22(26)20(15-18)25(6,7)8;9-7(10)5-1-2-6(4-3-5)8(11)12/h11-12,15,25,30-31H,13-14H2,1-10H3;14-15,17,21,26,29H,9-13,16H2,1-8H3;1-4H,(H,9,10)(H,11,12). The monoisotopic (exact) mass is 1070 g/mol. The number of unbranched alkanes of at least 4 members (excludes halogenated alkanes) is 2. The third-order valence-corrected chi connectivity index (χ3v) is 16.4. The Kier molecular flexibility index (Phi) is 22.8. The molecule has 4 aromatic carbocycles. The molecule has 1 aliphatic rings. The van der Waals surface area contributed by atoms with E-state index in [1.165, 1.54) is 64.9 Å². The van der Waals surface area contributed by atoms with Crippen LogP contribution in [0.2, 0.25) is 0 Å². The fourth-order valence-electron chi connectivity index (χ4n) is 8.88. The number of hydrogen-bond donors (Lipinski definition) is 6. The molecule has 12 heteroatoms. The van der Waals surface area contributed by atoms with Crippen LogP contribution in [0.1, 0.15) is 205 Å². The van der Waals surface area contributed by atoms with Gasteiger partial charge in [-0.1, -0.05) is 162 Å². The molecule has 5 rings (SSSR count). The zero-order valence-electron chi connectivity index (χ0n) is 47.7. The van der Waals surface area contributed by atoms with E-state index in [2.05, 4.69) is 155 Å². The highest BCUT2D eigenvalue weighted by atomic mass is 33.1. The third kappa shape index (κ3) is 18.1. The van der Waals surface area contributed by atoms with E-state index < -0.39 is 17.2 Å². The molecule has 0 saturated heterocycles. The van der Waals surface area contributed by atoms with Crippen molar-refractivity contribution in [2.75, 3.05) is 6.61 Å². The maximum Gasteiger partial charge on any atom is 0.335 e. The first kappa shape index (κ1) is 63.8. The number of phenolic OH excluding ortho intramolecular Hbond substituents is 3. The summed E-state index contributed by atoms with van der Waals surface area (Å²) in [6, 6.07) is 13.4. The number of aromatic carboxylic acids is 2. The van der Waals surface area contributed by atoms with Crippen LogP contribution in [0, 0.1) is 33.6 Å². The van der Waals surface area contributed by atoms with Gasteiger partial charge in [-0.15, -0.1) is 0 Å². The Morgan fingerprint density at radius 1 is 0.622 bits per heavy atom. The molecule has 2 unspecified atom stereocenters. The number of carboxylic acid groups (broad SMARTS) is 2. The molecular weight excluding hydrogens is 985 g/mol. The number of hydrogen-bond acceptors (Lipinski definition) is 10. The van der Waals surface area contributed by atoms with Crippen LogP contribution in [-0.2, 0) is 50.5 Å². The van der Waals surface area contributed by atoms with Crippen molar-refractivity contribution >= 4 is 52.1 Å². The van der Waals surface area contributed by atoms with Crippen LogP contribution in [0.15, 0.2) is 59.5 Å². The second kappa shape index (κ2) is 26.5. The highest BCUT2D eigenvalue weighted by Crippen LogP contribution is 2.47. The minimum Gasteiger partial charge on any atom is -0.507 e. The summed E-state index contributed by atoms with van der Waals surface area (Å²) in [6.07, 6.45) is 6.63. The van der Waals surface area contributed by atoms with E-state index in [0.29, 0.717) is 35.5 Å². The van der Waals surface area contributed by atoms with Gasteiger partial charge in [0.25, 0.3) is 0 Å². The Labute approximate surface area is 457 Å². The lowest BCUT2D eigenvalue weighted by molar-refractivity contribution is -0.143. The average molecular weight is 1070 g/mol. The van der Waals surface area contributed by atoms with Crippen LogP contribution < -0.4 is 0 Å². The largest absolute Gasteiger partial charge is 0.507 e. The predicted octanol–water partition coefficient (Wildman–Crippen LogP) is 16.0. The molecule has 1 heterocycles. The summed E-state index contributed by atoms with van der Waals surface area (Å²) in [5, 5.41) is 51.8. The topological polar surface area (TPSA) is 162 Å². The number of benzene rings is 4. The average Bonchev–Trinajstić information content (AvgIpc) is 3.73. The van der Waals surface area contributed by atoms with Gasteiger partial charge in [0.2, 0.25) is 0 Å². The lowest BCUT2D eigenvalue weighted by Crippen LogP contribution is -2.22. The second-order valence-corrected chi connectivity index (χ2v) is 27.5. The molecule has 0 spiro atoms. The zero-order valence-corrected chi connectivity index (χ0v) is 50.2. The summed E-state index contributed by atoms with van der Waals surface area (Å²) in [5.41, 5.74) is 12.9. The summed E-state index contributed by atoms with van der Waals surface area (Å²) in [6.45, 7) is 38.8. The normalized spacial score (nSPS) is 14.4. The molecule has 4 aromatic rings. The van der Waals surface area contributed by atoms with Gasteiger partial charge >= 0.3 is 17.9 Å². The molecule has 2 atom stereocenters. The molecule has 74 heavy (non-hydrogen) atoms. The number of esters is 1. The van der Waals surface area contributed by atoms with E-state index in [-0.39, 0.29) is 38.8 Å². The molecule has 0 aliphatic carbocycles. The van der Waals surface area contributed by atoms with E-state index >= 15 is 0 Å². The van der Waals surface area contributed by atoms with Crippen LogP contribution in [0.3, 0.4) is 0 Å². The Balaban J connectivity index is 0.000000321. The van der Waals surface area contributed by atoms with Crippen molar-refractivity contribution < 1.29 is 44.7 Å². The molecule has 0 amide bonds. The summed E-state index contributed by atoms with van der Waals surface area (Å²) < 4.78 is 5.44. The van der Waals surface area contributed by atoms with E-state index in [1.54, 1.807) is 10.8 Å². The summed E-state index contributed by atoms with van der Waals surface area (Å²) in [5.74, 6) is -0.431. The van der Waals surface area contributed by atoms with Crippen molar-refractivity contribution in [2.45, 2.75) is 202 Å². The minimum atomic E-state index is -1.06. The quantitative estimate of drug-likeness (QED) is 0.0291. The SMILES string of the molecule is CC(C)CCCCCOC(=O)C(S)Cc1cc(C(C)(C)C)c(O)c(C(C)(C)C)c1.Cc1cc(C(C)(C)C)c(O)c(C)c1CC1=CSSC1Cc1c(C)cc(C(C)(C)C)c(O)c1C.O=C(O)c1ccc(C(=O)O)cc1. The molecule has 1 aliphatic heterocycles. The van der Waals surface area contributed by atoms with Crippen LogP contribution in [0.4, 0.5) is 0 Å². The van der Waals surface area contributed by atoms with Gasteiger partial charge in [-0.25, -0.2) is 9.59 Å². The molecule has 0 bridgehead atoms. The molecule has 0 radical (unpaired) electrons. The van der Waals surface area contributed by atoms with Crippen molar-refractivity contribution in [1.82, 2.24) is 0 Å². The molecule has 0 saturated carbocycles. The Bertz CT molecular complexity index is 2550. The molecule has 408 valence electrons.